The molecule has 2 aromatic heterocycles. The molecule has 0 bridgehead atoms. The number of H-pyrrole nitrogens is 1. The third kappa shape index (κ3) is 3.13. The first-order chi connectivity index (χ1) is 11.0. The van der Waals surface area contributed by atoms with E-state index >= 15 is 0 Å². The Hall–Kier alpha value is -2.96. The number of pyridine rings is 1. The molecule has 3 aromatic rings. The third-order valence-electron chi connectivity index (χ3n) is 3.63. The number of aromatic nitrogens is 3. The monoisotopic (exact) mass is 311 g/mol. The molecule has 0 amide bonds. The molecule has 0 fully saturated rings. The van der Waals surface area contributed by atoms with Gasteiger partial charge >= 0.3 is 0 Å². The number of nitro groups is 1. The van der Waals surface area contributed by atoms with Gasteiger partial charge in [-0.1, -0.05) is 26.0 Å². The number of para-hydroxylation sites is 2. The summed E-state index contributed by atoms with van der Waals surface area (Å²) in [5, 5.41) is 14.0. The van der Waals surface area contributed by atoms with Crippen LogP contribution in [0.2, 0.25) is 0 Å². The normalized spacial score (nSPS) is 12.5. The molecule has 1 aromatic carbocycles. The number of aromatic amines is 1. The molecule has 3 rings (SSSR count). The quantitative estimate of drug-likeness (QED) is 0.553. The second kappa shape index (κ2) is 6.04. The third-order valence-corrected chi connectivity index (χ3v) is 3.63. The molecule has 7 heteroatoms. The second-order valence-electron chi connectivity index (χ2n) is 5.66. The van der Waals surface area contributed by atoms with Gasteiger partial charge in [0.2, 0.25) is 0 Å². The van der Waals surface area contributed by atoms with Crippen molar-refractivity contribution in [2.45, 2.75) is 19.9 Å². The number of nitrogens with one attached hydrogen (secondary N) is 2. The van der Waals surface area contributed by atoms with Gasteiger partial charge in [-0.15, -0.1) is 0 Å². The molecule has 7 nitrogen and oxygen atoms in total. The summed E-state index contributed by atoms with van der Waals surface area (Å²) in [6, 6.07) is 10.8. The molecular weight excluding hydrogens is 294 g/mol. The zero-order valence-electron chi connectivity index (χ0n) is 12.9. The lowest BCUT2D eigenvalue weighted by Crippen LogP contribution is -2.18. The van der Waals surface area contributed by atoms with Crippen molar-refractivity contribution in [1.29, 1.82) is 0 Å². The molecular formula is C16H17N5O2. The predicted molar refractivity (Wildman–Crippen MR) is 88.2 cm³/mol. The highest BCUT2D eigenvalue weighted by Gasteiger charge is 2.20. The second-order valence-corrected chi connectivity index (χ2v) is 5.66. The van der Waals surface area contributed by atoms with Gasteiger partial charge in [0.1, 0.15) is 17.8 Å². The van der Waals surface area contributed by atoms with Crippen molar-refractivity contribution in [3.63, 3.8) is 0 Å². The molecule has 0 saturated heterocycles. The van der Waals surface area contributed by atoms with E-state index in [1.165, 1.54) is 12.3 Å². The molecule has 0 unspecified atom stereocenters. The summed E-state index contributed by atoms with van der Waals surface area (Å²) in [5.41, 5.74) is 1.86. The number of nitrogens with zero attached hydrogens (tertiary/aromatic N) is 3. The summed E-state index contributed by atoms with van der Waals surface area (Å²) in [6.45, 7) is 4.16. The van der Waals surface area contributed by atoms with Gasteiger partial charge < -0.3 is 10.3 Å². The van der Waals surface area contributed by atoms with E-state index < -0.39 is 4.92 Å². The van der Waals surface area contributed by atoms with Gasteiger partial charge in [0.15, 0.2) is 0 Å². The van der Waals surface area contributed by atoms with E-state index in [9.17, 15) is 10.1 Å². The van der Waals surface area contributed by atoms with Crippen LogP contribution < -0.4 is 5.32 Å². The Labute approximate surface area is 132 Å². The molecule has 0 spiro atoms. The Morgan fingerprint density at radius 1 is 1.22 bits per heavy atom. The van der Waals surface area contributed by atoms with E-state index in [4.69, 9.17) is 0 Å². The van der Waals surface area contributed by atoms with Crippen molar-refractivity contribution < 1.29 is 4.92 Å². The molecule has 0 saturated carbocycles. The standard InChI is InChI=1S/C16H17N5O2/c1-10(2)15(16-18-12-5-3-4-6-13(12)19-16)20-14-8-7-11(9-17-14)21(22)23/h3-10,15H,1-2H3,(H,17,20)(H,18,19)/t15-/m1/s1. The van der Waals surface area contributed by atoms with Gasteiger partial charge in [-0.3, -0.25) is 10.1 Å². The highest BCUT2D eigenvalue weighted by atomic mass is 16.6. The zero-order valence-corrected chi connectivity index (χ0v) is 12.9. The van der Waals surface area contributed by atoms with Crippen molar-refractivity contribution >= 4 is 22.5 Å². The SMILES string of the molecule is CC(C)[C@@H](Nc1ccc([N+](=O)[O-])cn1)c1nc2ccccc2[nH]1. The lowest BCUT2D eigenvalue weighted by Gasteiger charge is -2.20. The summed E-state index contributed by atoms with van der Waals surface area (Å²) in [7, 11) is 0. The summed E-state index contributed by atoms with van der Waals surface area (Å²) >= 11 is 0. The molecule has 1 atom stereocenters. The highest BCUT2D eigenvalue weighted by Crippen LogP contribution is 2.26. The zero-order chi connectivity index (χ0) is 16.4. The Morgan fingerprint density at radius 2 is 2.00 bits per heavy atom. The molecule has 118 valence electrons. The first-order valence-corrected chi connectivity index (χ1v) is 7.36. The fourth-order valence-electron chi connectivity index (χ4n) is 2.41. The van der Waals surface area contributed by atoms with Crippen LogP contribution in [0.4, 0.5) is 11.5 Å². The van der Waals surface area contributed by atoms with Crippen molar-refractivity contribution in [3.05, 3.63) is 58.5 Å². The van der Waals surface area contributed by atoms with Gasteiger partial charge in [0.25, 0.3) is 5.69 Å². The lowest BCUT2D eigenvalue weighted by molar-refractivity contribution is -0.385. The molecule has 0 aliphatic heterocycles. The smallest absolute Gasteiger partial charge is 0.287 e. The molecule has 2 heterocycles. The number of fused-ring (bicyclic) bond motifs is 1. The van der Waals surface area contributed by atoms with E-state index in [0.29, 0.717) is 5.82 Å². The van der Waals surface area contributed by atoms with Crippen molar-refractivity contribution in [2.24, 2.45) is 5.92 Å². The summed E-state index contributed by atoms with van der Waals surface area (Å²) in [4.78, 5) is 22.3. The molecule has 0 aliphatic rings. The minimum absolute atomic E-state index is 0.0274. The average molecular weight is 311 g/mol. The first-order valence-electron chi connectivity index (χ1n) is 7.36. The topological polar surface area (TPSA) is 96.7 Å². The maximum absolute atomic E-state index is 10.7. The highest BCUT2D eigenvalue weighted by molar-refractivity contribution is 5.74. The average Bonchev–Trinajstić information content (AvgIpc) is 2.96. The number of imidazole rings is 1. The summed E-state index contributed by atoms with van der Waals surface area (Å²) in [6.07, 6.45) is 1.25. The van der Waals surface area contributed by atoms with E-state index in [-0.39, 0.29) is 17.6 Å². The van der Waals surface area contributed by atoms with E-state index in [1.54, 1.807) is 6.07 Å². The minimum Gasteiger partial charge on any atom is -0.360 e. The maximum atomic E-state index is 10.7. The molecule has 2 N–H and O–H groups in total. The summed E-state index contributed by atoms with van der Waals surface area (Å²) in [5.74, 6) is 1.66. The van der Waals surface area contributed by atoms with Crippen LogP contribution in [0, 0.1) is 16.0 Å². The maximum Gasteiger partial charge on any atom is 0.287 e. The van der Waals surface area contributed by atoms with Crippen molar-refractivity contribution in [3.8, 4) is 0 Å². The van der Waals surface area contributed by atoms with E-state index in [0.717, 1.165) is 16.9 Å². The first kappa shape index (κ1) is 15.0. The van der Waals surface area contributed by atoms with Gasteiger partial charge in [-0.05, 0) is 24.1 Å². The van der Waals surface area contributed by atoms with Crippen molar-refractivity contribution in [1.82, 2.24) is 15.0 Å². The molecule has 0 aliphatic carbocycles. The van der Waals surface area contributed by atoms with Gasteiger partial charge in [-0.25, -0.2) is 9.97 Å². The Bertz CT molecular complexity index is 793. The number of rotatable bonds is 5. The number of anilines is 1. The molecule has 23 heavy (non-hydrogen) atoms. The molecule has 0 radical (unpaired) electrons. The van der Waals surface area contributed by atoms with Crippen LogP contribution in [0.15, 0.2) is 42.6 Å². The van der Waals surface area contributed by atoms with Crippen molar-refractivity contribution in [2.75, 3.05) is 5.32 Å². The largest absolute Gasteiger partial charge is 0.360 e. The number of hydrogen-bond donors (Lipinski definition) is 2. The van der Waals surface area contributed by atoms with Crippen LogP contribution in [0.5, 0.6) is 0 Å². The van der Waals surface area contributed by atoms with Crippen LogP contribution in [-0.4, -0.2) is 19.9 Å². The van der Waals surface area contributed by atoms with Crippen LogP contribution in [0.1, 0.15) is 25.7 Å². The fourth-order valence-corrected chi connectivity index (χ4v) is 2.41. The summed E-state index contributed by atoms with van der Waals surface area (Å²) < 4.78 is 0. The van der Waals surface area contributed by atoms with Crippen LogP contribution in [-0.2, 0) is 0 Å². The van der Waals surface area contributed by atoms with E-state index in [1.807, 2.05) is 24.3 Å². The Kier molecular flexibility index (Phi) is 3.92. The van der Waals surface area contributed by atoms with Crippen LogP contribution in [0.3, 0.4) is 0 Å². The minimum atomic E-state index is -0.462. The van der Waals surface area contributed by atoms with Gasteiger partial charge in [-0.2, -0.15) is 0 Å². The fraction of sp³-hybridized carbons (Fsp3) is 0.250. The van der Waals surface area contributed by atoms with E-state index in [2.05, 4.69) is 34.1 Å². The number of benzene rings is 1. The van der Waals surface area contributed by atoms with Gasteiger partial charge in [0.05, 0.1) is 22.0 Å². The van der Waals surface area contributed by atoms with Crippen LogP contribution >= 0.6 is 0 Å². The Morgan fingerprint density at radius 3 is 2.61 bits per heavy atom. The predicted octanol–water partition coefficient (Wildman–Crippen LogP) is 3.68. The lowest BCUT2D eigenvalue weighted by atomic mass is 10.0. The van der Waals surface area contributed by atoms with Crippen LogP contribution in [0.25, 0.3) is 11.0 Å². The Balaban J connectivity index is 1.88. The van der Waals surface area contributed by atoms with Gasteiger partial charge in [0, 0.05) is 6.07 Å². The number of hydrogen-bond acceptors (Lipinski definition) is 5.